The molecule has 2 heterocycles. The molecule has 0 spiro atoms. The second-order valence-corrected chi connectivity index (χ2v) is 10.1. The Bertz CT molecular complexity index is 1250. The first kappa shape index (κ1) is 26.6. The van der Waals surface area contributed by atoms with Crippen molar-refractivity contribution in [2.24, 2.45) is 5.73 Å². The monoisotopic (exact) mass is 501 g/mol. The number of hydrogen-bond donors (Lipinski definition) is 1. The number of carbonyl (C=O) groups excluding carboxylic acids is 1. The molecule has 0 atom stereocenters. The van der Waals surface area contributed by atoms with E-state index in [2.05, 4.69) is 73.9 Å². The molecule has 37 heavy (non-hydrogen) atoms. The molecule has 0 unspecified atom stereocenters. The third-order valence-corrected chi connectivity index (χ3v) is 7.13. The zero-order valence-electron chi connectivity index (χ0n) is 22.8. The molecular weight excluding hydrogens is 462 g/mol. The first-order valence-electron chi connectivity index (χ1n) is 13.2. The van der Waals surface area contributed by atoms with Crippen LogP contribution in [0.25, 0.3) is 11.4 Å². The summed E-state index contributed by atoms with van der Waals surface area (Å²) in [6, 6.07) is 14.8. The molecule has 1 amide bonds. The molecule has 0 radical (unpaired) electrons. The maximum Gasteiger partial charge on any atom is 0.231 e. The zero-order chi connectivity index (χ0) is 26.5. The maximum absolute atomic E-state index is 11.4. The standard InChI is InChI=1S/C30H39N5O2/c1-6-23-9-7-8-10-25(23)29-32-22(5)26(19-37-27-17-24(20(2)3)12-11-21(27)4)30(33-29)35-15-13-34(14-16-35)18-28(31)36/h7-12,17,20H,6,13-16,18-19H2,1-5H3,(H2,31,36). The summed E-state index contributed by atoms with van der Waals surface area (Å²) >= 11 is 0. The molecule has 0 saturated carbocycles. The molecule has 0 aliphatic carbocycles. The third kappa shape index (κ3) is 6.28. The van der Waals surface area contributed by atoms with Gasteiger partial charge < -0.3 is 15.4 Å². The number of anilines is 1. The molecule has 2 aromatic carbocycles. The molecule has 0 bridgehead atoms. The SMILES string of the molecule is CCc1ccccc1-c1nc(C)c(COc2cc(C(C)C)ccc2C)c(N2CCN(CC(N)=O)CC2)n1. The van der Waals surface area contributed by atoms with Crippen molar-refractivity contribution in [1.29, 1.82) is 0 Å². The summed E-state index contributed by atoms with van der Waals surface area (Å²) < 4.78 is 6.41. The quantitative estimate of drug-likeness (QED) is 0.460. The highest BCUT2D eigenvalue weighted by Gasteiger charge is 2.24. The summed E-state index contributed by atoms with van der Waals surface area (Å²) in [5.41, 5.74) is 12.0. The van der Waals surface area contributed by atoms with Crippen molar-refractivity contribution in [2.75, 3.05) is 37.6 Å². The minimum Gasteiger partial charge on any atom is -0.488 e. The van der Waals surface area contributed by atoms with Crippen LogP contribution in [0.2, 0.25) is 0 Å². The first-order chi connectivity index (χ1) is 17.8. The summed E-state index contributed by atoms with van der Waals surface area (Å²) in [6.07, 6.45) is 0.913. The first-order valence-corrected chi connectivity index (χ1v) is 13.2. The van der Waals surface area contributed by atoms with Gasteiger partial charge in [-0.1, -0.05) is 57.2 Å². The lowest BCUT2D eigenvalue weighted by Crippen LogP contribution is -2.49. The fraction of sp³-hybridized carbons (Fsp3) is 0.433. The highest BCUT2D eigenvalue weighted by molar-refractivity contribution is 5.76. The second-order valence-electron chi connectivity index (χ2n) is 10.1. The Balaban J connectivity index is 1.69. The van der Waals surface area contributed by atoms with Gasteiger partial charge in [-0.15, -0.1) is 0 Å². The van der Waals surface area contributed by atoms with Gasteiger partial charge in [0.2, 0.25) is 5.91 Å². The van der Waals surface area contributed by atoms with Crippen LogP contribution in [0.4, 0.5) is 5.82 Å². The molecule has 196 valence electrons. The number of nitrogens with zero attached hydrogens (tertiary/aromatic N) is 4. The van der Waals surface area contributed by atoms with Crippen LogP contribution in [0.3, 0.4) is 0 Å². The number of piperazine rings is 1. The van der Waals surface area contributed by atoms with Crippen LogP contribution < -0.4 is 15.4 Å². The van der Waals surface area contributed by atoms with E-state index in [1.807, 2.05) is 13.0 Å². The highest BCUT2D eigenvalue weighted by Crippen LogP contribution is 2.31. The average Bonchev–Trinajstić information content (AvgIpc) is 2.88. The highest BCUT2D eigenvalue weighted by atomic mass is 16.5. The summed E-state index contributed by atoms with van der Waals surface area (Å²) in [6.45, 7) is 14.3. The lowest BCUT2D eigenvalue weighted by molar-refractivity contribution is -0.119. The molecule has 1 saturated heterocycles. The number of amides is 1. The predicted octanol–water partition coefficient (Wildman–Crippen LogP) is 4.63. The smallest absolute Gasteiger partial charge is 0.231 e. The summed E-state index contributed by atoms with van der Waals surface area (Å²) in [5.74, 6) is 2.68. The minimum atomic E-state index is -0.294. The Morgan fingerprint density at radius 1 is 1.05 bits per heavy atom. The van der Waals surface area contributed by atoms with E-state index in [9.17, 15) is 4.79 Å². The van der Waals surface area contributed by atoms with Crippen molar-refractivity contribution in [3.63, 3.8) is 0 Å². The topological polar surface area (TPSA) is 84.6 Å². The van der Waals surface area contributed by atoms with Gasteiger partial charge in [-0.25, -0.2) is 9.97 Å². The molecule has 7 heteroatoms. The van der Waals surface area contributed by atoms with Crippen LogP contribution in [-0.2, 0) is 17.8 Å². The van der Waals surface area contributed by atoms with E-state index in [-0.39, 0.29) is 12.5 Å². The maximum atomic E-state index is 11.4. The number of primary amides is 1. The van der Waals surface area contributed by atoms with Crippen molar-refractivity contribution in [1.82, 2.24) is 14.9 Å². The lowest BCUT2D eigenvalue weighted by Gasteiger charge is -2.36. The van der Waals surface area contributed by atoms with E-state index in [4.69, 9.17) is 20.4 Å². The molecule has 1 aromatic heterocycles. The number of carbonyl (C=O) groups is 1. The van der Waals surface area contributed by atoms with E-state index < -0.39 is 0 Å². The third-order valence-electron chi connectivity index (χ3n) is 7.13. The summed E-state index contributed by atoms with van der Waals surface area (Å²) in [4.78, 5) is 25.9. The Labute approximate surface area is 220 Å². The van der Waals surface area contributed by atoms with E-state index in [0.29, 0.717) is 12.5 Å². The minimum absolute atomic E-state index is 0.285. The summed E-state index contributed by atoms with van der Waals surface area (Å²) in [5, 5.41) is 0. The van der Waals surface area contributed by atoms with Crippen LogP contribution >= 0.6 is 0 Å². The number of nitrogens with two attached hydrogens (primary N) is 1. The number of rotatable bonds is 9. The zero-order valence-corrected chi connectivity index (χ0v) is 22.8. The van der Waals surface area contributed by atoms with Crippen LogP contribution in [-0.4, -0.2) is 53.5 Å². The molecule has 3 aromatic rings. The Kier molecular flexibility index (Phi) is 8.44. The molecule has 1 aliphatic heterocycles. The molecule has 1 fully saturated rings. The Morgan fingerprint density at radius 2 is 1.78 bits per heavy atom. The van der Waals surface area contributed by atoms with E-state index >= 15 is 0 Å². The largest absolute Gasteiger partial charge is 0.488 e. The molecule has 1 aliphatic rings. The van der Waals surface area contributed by atoms with Crippen LogP contribution in [0, 0.1) is 13.8 Å². The Hall–Kier alpha value is -3.45. The fourth-order valence-corrected chi connectivity index (χ4v) is 4.80. The van der Waals surface area contributed by atoms with Crippen molar-refractivity contribution in [2.45, 2.75) is 53.6 Å². The van der Waals surface area contributed by atoms with Crippen molar-refractivity contribution < 1.29 is 9.53 Å². The molecule has 4 rings (SSSR count). The van der Waals surface area contributed by atoms with E-state index in [1.54, 1.807) is 0 Å². The predicted molar refractivity (Wildman–Crippen MR) is 149 cm³/mol. The van der Waals surface area contributed by atoms with Crippen molar-refractivity contribution >= 4 is 11.7 Å². The van der Waals surface area contributed by atoms with Crippen molar-refractivity contribution in [3.8, 4) is 17.1 Å². The molecule has 2 N–H and O–H groups in total. The molecular formula is C30H39N5O2. The fourth-order valence-electron chi connectivity index (χ4n) is 4.80. The van der Waals surface area contributed by atoms with Gasteiger partial charge in [0.15, 0.2) is 5.82 Å². The van der Waals surface area contributed by atoms with Gasteiger partial charge >= 0.3 is 0 Å². The van der Waals surface area contributed by atoms with E-state index in [0.717, 1.165) is 72.4 Å². The number of ether oxygens (including phenoxy) is 1. The number of aromatic nitrogens is 2. The van der Waals surface area contributed by atoms with Gasteiger partial charge in [0.1, 0.15) is 18.2 Å². The van der Waals surface area contributed by atoms with Crippen LogP contribution in [0.1, 0.15) is 54.6 Å². The Morgan fingerprint density at radius 3 is 2.46 bits per heavy atom. The van der Waals surface area contributed by atoms with Gasteiger partial charge in [-0.05, 0) is 48.9 Å². The lowest BCUT2D eigenvalue weighted by atomic mass is 10.0. The van der Waals surface area contributed by atoms with E-state index in [1.165, 1.54) is 11.1 Å². The summed E-state index contributed by atoms with van der Waals surface area (Å²) in [7, 11) is 0. The number of benzene rings is 2. The second kappa shape index (κ2) is 11.7. The van der Waals surface area contributed by atoms with Crippen molar-refractivity contribution in [3.05, 3.63) is 70.4 Å². The normalized spacial score (nSPS) is 14.3. The van der Waals surface area contributed by atoms with Gasteiger partial charge in [0, 0.05) is 31.7 Å². The average molecular weight is 502 g/mol. The molecule has 7 nitrogen and oxygen atoms in total. The van der Waals surface area contributed by atoms with Crippen LogP contribution in [0.5, 0.6) is 5.75 Å². The van der Waals surface area contributed by atoms with Gasteiger partial charge in [0.05, 0.1) is 17.8 Å². The van der Waals surface area contributed by atoms with Gasteiger partial charge in [-0.3, -0.25) is 9.69 Å². The number of aryl methyl sites for hydroxylation is 3. The van der Waals surface area contributed by atoms with Gasteiger partial charge in [-0.2, -0.15) is 0 Å². The van der Waals surface area contributed by atoms with Gasteiger partial charge in [0.25, 0.3) is 0 Å². The number of hydrogen-bond acceptors (Lipinski definition) is 6. The van der Waals surface area contributed by atoms with Crippen LogP contribution in [0.15, 0.2) is 42.5 Å².